The summed E-state index contributed by atoms with van der Waals surface area (Å²) in [6.45, 7) is 12.4. The van der Waals surface area contributed by atoms with Gasteiger partial charge in [0.15, 0.2) is 5.96 Å². The summed E-state index contributed by atoms with van der Waals surface area (Å²) in [6.07, 6.45) is 5.03. The first-order chi connectivity index (χ1) is 14.7. The number of aliphatic imine (C=N–C) groups is 1. The van der Waals surface area contributed by atoms with Crippen LogP contribution in [0.1, 0.15) is 38.2 Å². The van der Waals surface area contributed by atoms with E-state index < -0.39 is 0 Å². The summed E-state index contributed by atoms with van der Waals surface area (Å²) in [5.41, 5.74) is 1.78. The Morgan fingerprint density at radius 1 is 1.07 bits per heavy atom. The van der Waals surface area contributed by atoms with Crippen LogP contribution >= 0.6 is 0 Å². The Bertz CT molecular complexity index is 624. The van der Waals surface area contributed by atoms with Crippen molar-refractivity contribution in [2.45, 2.75) is 39.2 Å². The molecule has 1 aliphatic heterocycles. The van der Waals surface area contributed by atoms with Gasteiger partial charge in [0.05, 0.1) is 0 Å². The third-order valence-electron chi connectivity index (χ3n) is 6.60. The van der Waals surface area contributed by atoms with Crippen LogP contribution in [0.25, 0.3) is 0 Å². The lowest BCUT2D eigenvalue weighted by Crippen LogP contribution is -2.49. The van der Waals surface area contributed by atoms with Crippen LogP contribution in [-0.4, -0.2) is 81.8 Å². The number of benzene rings is 1. The molecule has 168 valence electrons. The average Bonchev–Trinajstić information content (AvgIpc) is 2.74. The lowest BCUT2D eigenvalue weighted by molar-refractivity contribution is 0.0778. The van der Waals surface area contributed by atoms with Gasteiger partial charge in [0.25, 0.3) is 0 Å². The number of hydrogen-bond donors (Lipinski definition) is 2. The fourth-order valence-corrected chi connectivity index (χ4v) is 4.42. The molecule has 1 aliphatic carbocycles. The number of guanidine groups is 1. The zero-order valence-electron chi connectivity index (χ0n) is 19.0. The Hall–Kier alpha value is -1.63. The molecule has 30 heavy (non-hydrogen) atoms. The van der Waals surface area contributed by atoms with Crippen LogP contribution in [0, 0.1) is 5.41 Å². The van der Waals surface area contributed by atoms with E-state index in [-0.39, 0.29) is 0 Å². The second-order valence-corrected chi connectivity index (χ2v) is 8.82. The van der Waals surface area contributed by atoms with Crippen molar-refractivity contribution in [1.29, 1.82) is 0 Å². The van der Waals surface area contributed by atoms with E-state index in [4.69, 9.17) is 9.73 Å². The second-order valence-electron chi connectivity index (χ2n) is 8.82. The monoisotopic (exact) mass is 415 g/mol. The summed E-state index contributed by atoms with van der Waals surface area (Å²) in [5.74, 6) is 0.962. The predicted molar refractivity (Wildman–Crippen MR) is 125 cm³/mol. The SMILES string of the molecule is CCNC(=NCC1(CCOC)CCC1)NCCN1CCN(Cc2ccccc2)CC1. The van der Waals surface area contributed by atoms with Crippen LogP contribution in [-0.2, 0) is 11.3 Å². The summed E-state index contributed by atoms with van der Waals surface area (Å²) in [7, 11) is 1.79. The van der Waals surface area contributed by atoms with Crippen molar-refractivity contribution in [3.8, 4) is 0 Å². The molecule has 2 N–H and O–H groups in total. The summed E-state index contributed by atoms with van der Waals surface area (Å²) >= 11 is 0. The zero-order valence-corrected chi connectivity index (χ0v) is 19.0. The Labute approximate surface area is 183 Å². The molecule has 1 saturated carbocycles. The van der Waals surface area contributed by atoms with Crippen molar-refractivity contribution in [3.63, 3.8) is 0 Å². The van der Waals surface area contributed by atoms with Crippen molar-refractivity contribution in [1.82, 2.24) is 20.4 Å². The van der Waals surface area contributed by atoms with Gasteiger partial charge >= 0.3 is 0 Å². The standard InChI is InChI=1S/C24H41N5O/c1-3-25-23(27-21-24(10-7-11-24)12-19-30-2)26-13-14-28-15-17-29(18-16-28)20-22-8-5-4-6-9-22/h4-6,8-9H,3,7,10-21H2,1-2H3,(H2,25,26,27). The maximum absolute atomic E-state index is 5.31. The summed E-state index contributed by atoms with van der Waals surface area (Å²) < 4.78 is 5.31. The first-order valence-electron chi connectivity index (χ1n) is 11.7. The molecular weight excluding hydrogens is 374 g/mol. The minimum absolute atomic E-state index is 0.368. The highest BCUT2D eigenvalue weighted by Crippen LogP contribution is 2.44. The number of hydrogen-bond acceptors (Lipinski definition) is 4. The molecule has 0 unspecified atom stereocenters. The molecule has 0 atom stereocenters. The van der Waals surface area contributed by atoms with Gasteiger partial charge in [-0.15, -0.1) is 0 Å². The molecule has 6 heteroatoms. The van der Waals surface area contributed by atoms with Crippen molar-refractivity contribution in [3.05, 3.63) is 35.9 Å². The lowest BCUT2D eigenvalue weighted by Gasteiger charge is -2.40. The van der Waals surface area contributed by atoms with Crippen molar-refractivity contribution < 1.29 is 4.74 Å². The van der Waals surface area contributed by atoms with Gasteiger partial charge in [0, 0.05) is 72.6 Å². The Morgan fingerprint density at radius 2 is 1.80 bits per heavy atom. The van der Waals surface area contributed by atoms with E-state index >= 15 is 0 Å². The van der Waals surface area contributed by atoms with Crippen LogP contribution in [0.2, 0.25) is 0 Å². The highest BCUT2D eigenvalue weighted by atomic mass is 16.5. The van der Waals surface area contributed by atoms with Gasteiger partial charge in [-0.3, -0.25) is 14.8 Å². The van der Waals surface area contributed by atoms with Crippen LogP contribution in [0.4, 0.5) is 0 Å². The third-order valence-corrected chi connectivity index (χ3v) is 6.60. The zero-order chi connectivity index (χ0) is 21.1. The molecule has 1 aromatic rings. The fourth-order valence-electron chi connectivity index (χ4n) is 4.42. The van der Waals surface area contributed by atoms with E-state index in [0.29, 0.717) is 5.41 Å². The minimum atomic E-state index is 0.368. The van der Waals surface area contributed by atoms with Crippen molar-refractivity contribution in [2.24, 2.45) is 10.4 Å². The largest absolute Gasteiger partial charge is 0.385 e. The van der Waals surface area contributed by atoms with E-state index in [1.54, 1.807) is 7.11 Å². The van der Waals surface area contributed by atoms with Gasteiger partial charge in [-0.05, 0) is 37.2 Å². The van der Waals surface area contributed by atoms with Gasteiger partial charge in [-0.25, -0.2) is 0 Å². The van der Waals surface area contributed by atoms with Gasteiger partial charge in [0.1, 0.15) is 0 Å². The summed E-state index contributed by atoms with van der Waals surface area (Å²) in [6, 6.07) is 10.8. The Morgan fingerprint density at radius 3 is 2.43 bits per heavy atom. The molecule has 3 rings (SSSR count). The molecule has 1 aromatic carbocycles. The Balaban J connectivity index is 1.36. The summed E-state index contributed by atoms with van der Waals surface area (Å²) in [4.78, 5) is 10.0. The predicted octanol–water partition coefficient (Wildman–Crippen LogP) is 2.57. The number of rotatable bonds is 11. The van der Waals surface area contributed by atoms with Crippen LogP contribution < -0.4 is 10.6 Å². The smallest absolute Gasteiger partial charge is 0.191 e. The van der Waals surface area contributed by atoms with E-state index in [9.17, 15) is 0 Å². The highest BCUT2D eigenvalue weighted by Gasteiger charge is 2.36. The molecule has 2 fully saturated rings. The van der Waals surface area contributed by atoms with E-state index in [2.05, 4.69) is 57.7 Å². The molecule has 1 heterocycles. The average molecular weight is 416 g/mol. The van der Waals surface area contributed by atoms with E-state index in [0.717, 1.165) is 77.9 Å². The third kappa shape index (κ3) is 7.25. The molecule has 0 amide bonds. The summed E-state index contributed by atoms with van der Waals surface area (Å²) in [5, 5.41) is 6.96. The first kappa shape index (κ1) is 23.0. The van der Waals surface area contributed by atoms with E-state index in [1.165, 1.54) is 24.8 Å². The molecule has 2 aliphatic rings. The van der Waals surface area contributed by atoms with Gasteiger partial charge in [-0.2, -0.15) is 0 Å². The van der Waals surface area contributed by atoms with Gasteiger partial charge in [-0.1, -0.05) is 36.8 Å². The second kappa shape index (κ2) is 12.3. The molecule has 0 aromatic heterocycles. The van der Waals surface area contributed by atoms with Crippen LogP contribution in [0.15, 0.2) is 35.3 Å². The van der Waals surface area contributed by atoms with Crippen molar-refractivity contribution >= 4 is 5.96 Å². The number of methoxy groups -OCH3 is 1. The van der Waals surface area contributed by atoms with Gasteiger partial charge < -0.3 is 15.4 Å². The quantitative estimate of drug-likeness (QED) is 0.430. The fraction of sp³-hybridized carbons (Fsp3) is 0.708. The number of nitrogens with one attached hydrogen (secondary N) is 2. The van der Waals surface area contributed by atoms with Crippen molar-refractivity contribution in [2.75, 3.05) is 66.1 Å². The highest BCUT2D eigenvalue weighted by molar-refractivity contribution is 5.79. The number of nitrogens with zero attached hydrogens (tertiary/aromatic N) is 3. The minimum Gasteiger partial charge on any atom is -0.385 e. The normalized spacial score (nSPS) is 20.0. The Kier molecular flexibility index (Phi) is 9.43. The first-order valence-corrected chi connectivity index (χ1v) is 11.7. The topological polar surface area (TPSA) is 52.1 Å². The molecule has 0 radical (unpaired) electrons. The lowest BCUT2D eigenvalue weighted by atomic mass is 9.67. The van der Waals surface area contributed by atoms with Crippen LogP contribution in [0.3, 0.4) is 0 Å². The van der Waals surface area contributed by atoms with Gasteiger partial charge in [0.2, 0.25) is 0 Å². The molecular formula is C24H41N5O. The maximum atomic E-state index is 5.31. The van der Waals surface area contributed by atoms with E-state index in [1.807, 2.05) is 0 Å². The number of piperazine rings is 1. The maximum Gasteiger partial charge on any atom is 0.191 e. The molecule has 0 spiro atoms. The molecule has 0 bridgehead atoms. The van der Waals surface area contributed by atoms with Crippen LogP contribution in [0.5, 0.6) is 0 Å². The molecule has 6 nitrogen and oxygen atoms in total. The number of ether oxygens (including phenoxy) is 1. The molecule has 1 saturated heterocycles.